The number of hydrogen-bond donors (Lipinski definition) is 3. The third kappa shape index (κ3) is 2.34. The van der Waals surface area contributed by atoms with E-state index < -0.39 is 10.8 Å². The molecule has 0 spiro atoms. The Morgan fingerprint density at radius 3 is 2.50 bits per heavy atom. The van der Waals surface area contributed by atoms with E-state index in [2.05, 4.69) is 0 Å². The van der Waals surface area contributed by atoms with Crippen LogP contribution in [-0.2, 0) is 0 Å². The summed E-state index contributed by atoms with van der Waals surface area (Å²) in [6, 6.07) is 5.19. The summed E-state index contributed by atoms with van der Waals surface area (Å²) >= 11 is 1.39. The molecule has 14 heavy (non-hydrogen) atoms. The van der Waals surface area contributed by atoms with E-state index in [-0.39, 0.29) is 4.90 Å². The lowest BCUT2D eigenvalue weighted by atomic mass is 10.3. The van der Waals surface area contributed by atoms with Crippen molar-refractivity contribution >= 4 is 22.5 Å². The maximum absolute atomic E-state index is 9.44. The largest absolute Gasteiger partial charge is 0.495 e. The summed E-state index contributed by atoms with van der Waals surface area (Å²) in [5.74, 6) is 0.402. The van der Waals surface area contributed by atoms with Crippen LogP contribution in [0.4, 0.5) is 0 Å². The van der Waals surface area contributed by atoms with Crippen molar-refractivity contribution in [3.05, 3.63) is 18.2 Å². The zero-order valence-corrected chi connectivity index (χ0v) is 9.56. The van der Waals surface area contributed by atoms with Crippen LogP contribution in [0.15, 0.2) is 28.0 Å². The lowest BCUT2D eigenvalue weighted by molar-refractivity contribution is 0.394. The van der Waals surface area contributed by atoms with Crippen LogP contribution in [0.25, 0.3) is 0 Å². The molecule has 0 saturated carbocycles. The van der Waals surface area contributed by atoms with Crippen LogP contribution in [0.1, 0.15) is 0 Å². The van der Waals surface area contributed by atoms with Crippen molar-refractivity contribution in [1.29, 1.82) is 0 Å². The summed E-state index contributed by atoms with van der Waals surface area (Å²) in [4.78, 5) is 0.988. The first-order valence-electron chi connectivity index (χ1n) is 3.77. The summed E-state index contributed by atoms with van der Waals surface area (Å²) in [6.45, 7) is 0. The van der Waals surface area contributed by atoms with Gasteiger partial charge in [0.25, 0.3) is 0 Å². The topological polar surface area (TPSA) is 75.7 Å². The minimum atomic E-state index is -3.23. The number of hydrogen-bond acceptors (Lipinski definition) is 5. The molecule has 0 heterocycles. The first-order valence-corrected chi connectivity index (χ1v) is 6.61. The van der Waals surface area contributed by atoms with Gasteiger partial charge in [-0.05, 0) is 18.4 Å². The zero-order valence-electron chi connectivity index (χ0n) is 7.93. The predicted molar refractivity (Wildman–Crippen MR) is 60.1 cm³/mol. The van der Waals surface area contributed by atoms with Gasteiger partial charge in [0.2, 0.25) is 0 Å². The monoisotopic (exact) mass is 235 g/mol. The van der Waals surface area contributed by atoms with Crippen LogP contribution >= 0.6 is 22.5 Å². The smallest absolute Gasteiger partial charge is 0.144 e. The summed E-state index contributed by atoms with van der Waals surface area (Å²) in [5, 5.41) is 5.31. The number of thioether (sulfide) groups is 1. The maximum atomic E-state index is 9.44. The van der Waals surface area contributed by atoms with Crippen molar-refractivity contribution < 1.29 is 13.8 Å². The third-order valence-electron chi connectivity index (χ3n) is 1.68. The number of ether oxygens (including phenoxy) is 1. The van der Waals surface area contributed by atoms with Crippen LogP contribution in [0.2, 0.25) is 0 Å². The van der Waals surface area contributed by atoms with Crippen molar-refractivity contribution in [3.63, 3.8) is 0 Å². The third-order valence-corrected chi connectivity index (χ3v) is 3.61. The summed E-state index contributed by atoms with van der Waals surface area (Å²) in [7, 11) is -1.77. The highest BCUT2D eigenvalue weighted by atomic mass is 32.3. The number of methoxy groups -OCH3 is 1. The van der Waals surface area contributed by atoms with Gasteiger partial charge in [0.1, 0.15) is 10.6 Å². The minimum absolute atomic E-state index is 0.273. The molecule has 0 radical (unpaired) electrons. The van der Waals surface area contributed by atoms with Crippen molar-refractivity contribution in [2.24, 2.45) is 5.14 Å². The molecule has 1 aromatic rings. The van der Waals surface area contributed by atoms with Crippen LogP contribution in [0.3, 0.4) is 0 Å². The first kappa shape index (κ1) is 11.7. The highest BCUT2D eigenvalue weighted by Crippen LogP contribution is 2.50. The van der Waals surface area contributed by atoms with Crippen molar-refractivity contribution in [3.8, 4) is 5.75 Å². The molecule has 0 aliphatic rings. The molecule has 0 aromatic heterocycles. The number of nitrogens with two attached hydrogens (primary N) is 1. The van der Waals surface area contributed by atoms with Crippen LogP contribution in [0, 0.1) is 0 Å². The Labute approximate surface area is 88.9 Å². The van der Waals surface area contributed by atoms with E-state index >= 15 is 0 Å². The molecule has 0 atom stereocenters. The van der Waals surface area contributed by atoms with Gasteiger partial charge in [0.15, 0.2) is 0 Å². The standard InChI is InChI=1S/C8H13NO3S2/c1-12-6-4-3-5-7(13-2)8(6)14(9,10)11/h3-5,10-11H,9H2,1-2H3. The van der Waals surface area contributed by atoms with Crippen molar-refractivity contribution in [2.75, 3.05) is 13.4 Å². The molecule has 6 heteroatoms. The molecule has 0 amide bonds. The molecule has 4 nitrogen and oxygen atoms in total. The van der Waals surface area contributed by atoms with E-state index in [1.165, 1.54) is 18.9 Å². The fraction of sp³-hybridized carbons (Fsp3) is 0.250. The fourth-order valence-electron chi connectivity index (χ4n) is 1.11. The van der Waals surface area contributed by atoms with Crippen molar-refractivity contribution in [2.45, 2.75) is 9.79 Å². The van der Waals surface area contributed by atoms with E-state index in [1.807, 2.05) is 6.26 Å². The predicted octanol–water partition coefficient (Wildman–Crippen LogP) is 2.40. The van der Waals surface area contributed by atoms with Gasteiger partial charge in [-0.15, -0.1) is 22.5 Å². The lowest BCUT2D eigenvalue weighted by Crippen LogP contribution is -2.11. The maximum Gasteiger partial charge on any atom is 0.144 e. The molecule has 1 aromatic carbocycles. The van der Waals surface area contributed by atoms with Gasteiger partial charge in [-0.2, -0.15) is 0 Å². The van der Waals surface area contributed by atoms with E-state index in [0.717, 1.165) is 0 Å². The summed E-state index contributed by atoms with van der Waals surface area (Å²) in [5.41, 5.74) is 0. The summed E-state index contributed by atoms with van der Waals surface area (Å²) in [6.07, 6.45) is 1.84. The van der Waals surface area contributed by atoms with Crippen LogP contribution in [0.5, 0.6) is 5.75 Å². The highest BCUT2D eigenvalue weighted by molar-refractivity contribution is 8.22. The average molecular weight is 235 g/mol. The molecule has 0 aliphatic heterocycles. The molecule has 0 fully saturated rings. The minimum Gasteiger partial charge on any atom is -0.495 e. The van der Waals surface area contributed by atoms with Crippen molar-refractivity contribution in [1.82, 2.24) is 0 Å². The second-order valence-corrected chi connectivity index (χ2v) is 5.03. The van der Waals surface area contributed by atoms with Gasteiger partial charge in [-0.1, -0.05) is 6.07 Å². The van der Waals surface area contributed by atoms with Gasteiger partial charge in [-0.3, -0.25) is 9.11 Å². The molecule has 4 N–H and O–H groups in total. The normalized spacial score (nSPS) is 12.6. The fourth-order valence-corrected chi connectivity index (χ4v) is 3.04. The van der Waals surface area contributed by atoms with Gasteiger partial charge in [0.05, 0.1) is 7.11 Å². The Kier molecular flexibility index (Phi) is 3.68. The summed E-state index contributed by atoms with van der Waals surface area (Å²) < 4.78 is 23.9. The Morgan fingerprint density at radius 2 is 2.07 bits per heavy atom. The molecule has 1 rings (SSSR count). The van der Waals surface area contributed by atoms with E-state index in [0.29, 0.717) is 10.6 Å². The number of benzene rings is 1. The van der Waals surface area contributed by atoms with Crippen LogP contribution < -0.4 is 9.88 Å². The van der Waals surface area contributed by atoms with E-state index in [9.17, 15) is 9.11 Å². The average Bonchev–Trinajstić information content (AvgIpc) is 2.15. The Morgan fingerprint density at radius 1 is 1.43 bits per heavy atom. The quantitative estimate of drug-likeness (QED) is 0.701. The molecular weight excluding hydrogens is 222 g/mol. The Balaban J connectivity index is 3.34. The Hall–Kier alpha value is -0.400. The molecule has 0 aliphatic carbocycles. The molecular formula is C8H13NO3S2. The molecule has 80 valence electrons. The van der Waals surface area contributed by atoms with Gasteiger partial charge in [0, 0.05) is 4.90 Å². The first-order chi connectivity index (χ1) is 6.50. The Bertz CT molecular complexity index is 303. The highest BCUT2D eigenvalue weighted by Gasteiger charge is 2.19. The molecule has 0 bridgehead atoms. The van der Waals surface area contributed by atoms with E-state index in [4.69, 9.17) is 9.88 Å². The second kappa shape index (κ2) is 4.41. The lowest BCUT2D eigenvalue weighted by Gasteiger charge is -2.29. The zero-order chi connectivity index (χ0) is 10.8. The molecule has 0 unspecified atom stereocenters. The van der Waals surface area contributed by atoms with E-state index in [1.54, 1.807) is 18.2 Å². The van der Waals surface area contributed by atoms with Gasteiger partial charge < -0.3 is 4.74 Å². The van der Waals surface area contributed by atoms with Crippen LogP contribution in [-0.4, -0.2) is 22.5 Å². The SMILES string of the molecule is COc1cccc(SC)c1S(N)(O)O. The van der Waals surface area contributed by atoms with Gasteiger partial charge >= 0.3 is 0 Å². The molecule has 0 saturated heterocycles. The number of rotatable bonds is 3. The second-order valence-electron chi connectivity index (χ2n) is 2.58. The van der Waals surface area contributed by atoms with Gasteiger partial charge in [-0.25, -0.2) is 5.14 Å².